The first-order valence-corrected chi connectivity index (χ1v) is 8.15. The summed E-state index contributed by atoms with van der Waals surface area (Å²) >= 11 is 0. The Morgan fingerprint density at radius 3 is 2.68 bits per heavy atom. The lowest BCUT2D eigenvalue weighted by Gasteiger charge is -2.36. The monoisotopic (exact) mass is 339 g/mol. The van der Waals surface area contributed by atoms with Crippen LogP contribution in [-0.2, 0) is 13.1 Å². The van der Waals surface area contributed by atoms with Crippen LogP contribution in [0.15, 0.2) is 59.1 Å². The highest BCUT2D eigenvalue weighted by Gasteiger charge is 2.29. The van der Waals surface area contributed by atoms with E-state index in [-0.39, 0.29) is 17.6 Å². The van der Waals surface area contributed by atoms with Crippen molar-refractivity contribution in [1.29, 1.82) is 0 Å². The summed E-state index contributed by atoms with van der Waals surface area (Å²) in [5.74, 6) is 0.0158. The summed E-state index contributed by atoms with van der Waals surface area (Å²) < 4.78 is 21.1. The third kappa shape index (κ3) is 2.96. The van der Waals surface area contributed by atoms with Crippen LogP contribution in [0.5, 0.6) is 0 Å². The summed E-state index contributed by atoms with van der Waals surface area (Å²) in [5, 5.41) is 0. The van der Waals surface area contributed by atoms with E-state index in [1.165, 1.54) is 12.1 Å². The molecule has 3 heterocycles. The summed E-state index contributed by atoms with van der Waals surface area (Å²) in [6, 6.07) is 14.0. The van der Waals surface area contributed by atoms with E-state index in [1.54, 1.807) is 12.1 Å². The Kier molecular flexibility index (Phi) is 3.89. The molecule has 1 aliphatic heterocycles. The second-order valence-electron chi connectivity index (χ2n) is 6.18. The number of nitrogens with zero attached hydrogens (tertiary/aromatic N) is 2. The summed E-state index contributed by atoms with van der Waals surface area (Å²) in [7, 11) is 0. The molecule has 3 aromatic rings. The average Bonchev–Trinajstić information content (AvgIpc) is 3.25. The molecule has 0 bridgehead atoms. The molecule has 6 heteroatoms. The standard InChI is InChI=1S/C19H18FN3O2/c20-14-5-3-13(4-6-14)18-16-2-1-9-22(16)10-11-23(18)12-15-7-8-17(25-15)19(21)24/h1-9,18H,10-12H2,(H2,21,24). The van der Waals surface area contributed by atoms with Gasteiger partial charge in [-0.2, -0.15) is 0 Å². The number of nitrogens with two attached hydrogens (primary N) is 1. The quantitative estimate of drug-likeness (QED) is 0.795. The molecule has 1 aromatic carbocycles. The highest BCUT2D eigenvalue weighted by atomic mass is 19.1. The minimum absolute atomic E-state index is 0.00789. The zero-order valence-electron chi connectivity index (χ0n) is 13.6. The van der Waals surface area contributed by atoms with Gasteiger partial charge in [-0.05, 0) is 42.0 Å². The van der Waals surface area contributed by atoms with Crippen molar-refractivity contribution in [2.75, 3.05) is 6.54 Å². The molecule has 0 saturated heterocycles. The van der Waals surface area contributed by atoms with Gasteiger partial charge in [-0.25, -0.2) is 4.39 Å². The van der Waals surface area contributed by atoms with Crippen LogP contribution in [-0.4, -0.2) is 21.9 Å². The number of aromatic nitrogens is 1. The molecule has 0 fully saturated rings. The van der Waals surface area contributed by atoms with E-state index >= 15 is 0 Å². The third-order valence-electron chi connectivity index (χ3n) is 4.59. The fourth-order valence-electron chi connectivity index (χ4n) is 3.42. The lowest BCUT2D eigenvalue weighted by atomic mass is 9.99. The van der Waals surface area contributed by atoms with Gasteiger partial charge in [-0.1, -0.05) is 12.1 Å². The molecule has 1 amide bonds. The Morgan fingerprint density at radius 2 is 1.96 bits per heavy atom. The second-order valence-corrected chi connectivity index (χ2v) is 6.18. The zero-order chi connectivity index (χ0) is 17.4. The molecule has 2 N–H and O–H groups in total. The predicted molar refractivity (Wildman–Crippen MR) is 90.3 cm³/mol. The number of rotatable bonds is 4. The molecular weight excluding hydrogens is 321 g/mol. The molecule has 0 saturated carbocycles. The van der Waals surface area contributed by atoms with Crippen LogP contribution in [0.25, 0.3) is 0 Å². The van der Waals surface area contributed by atoms with E-state index in [4.69, 9.17) is 10.2 Å². The summed E-state index contributed by atoms with van der Waals surface area (Å²) in [5.41, 5.74) is 7.43. The highest BCUT2D eigenvalue weighted by molar-refractivity contribution is 5.89. The Balaban J connectivity index is 1.67. The van der Waals surface area contributed by atoms with E-state index < -0.39 is 5.91 Å². The molecule has 2 aromatic heterocycles. The first-order valence-electron chi connectivity index (χ1n) is 8.15. The minimum Gasteiger partial charge on any atom is -0.455 e. The smallest absolute Gasteiger partial charge is 0.284 e. The maximum Gasteiger partial charge on any atom is 0.284 e. The number of amides is 1. The number of benzene rings is 1. The molecule has 0 radical (unpaired) electrons. The number of furan rings is 1. The van der Waals surface area contributed by atoms with Gasteiger partial charge in [0.15, 0.2) is 5.76 Å². The molecule has 25 heavy (non-hydrogen) atoms. The molecule has 1 unspecified atom stereocenters. The Bertz CT molecular complexity index is 898. The number of carbonyl (C=O) groups is 1. The molecule has 1 atom stereocenters. The fraction of sp³-hybridized carbons (Fsp3) is 0.211. The van der Waals surface area contributed by atoms with E-state index in [1.807, 2.05) is 18.2 Å². The average molecular weight is 339 g/mol. The molecule has 0 spiro atoms. The van der Waals surface area contributed by atoms with E-state index in [0.717, 1.165) is 24.3 Å². The molecular formula is C19H18FN3O2. The van der Waals surface area contributed by atoms with Crippen LogP contribution in [0.4, 0.5) is 4.39 Å². The van der Waals surface area contributed by atoms with Crippen molar-refractivity contribution in [3.8, 4) is 0 Å². The van der Waals surface area contributed by atoms with E-state index in [0.29, 0.717) is 12.3 Å². The van der Waals surface area contributed by atoms with Gasteiger partial charge in [0, 0.05) is 25.0 Å². The number of halogens is 1. The molecule has 128 valence electrons. The van der Waals surface area contributed by atoms with Gasteiger partial charge in [0.25, 0.3) is 5.91 Å². The third-order valence-corrected chi connectivity index (χ3v) is 4.59. The number of hydrogen-bond donors (Lipinski definition) is 1. The molecule has 5 nitrogen and oxygen atoms in total. The van der Waals surface area contributed by atoms with Gasteiger partial charge >= 0.3 is 0 Å². The van der Waals surface area contributed by atoms with Crippen LogP contribution in [0, 0.1) is 5.82 Å². The highest BCUT2D eigenvalue weighted by Crippen LogP contribution is 2.33. The minimum atomic E-state index is -0.575. The van der Waals surface area contributed by atoms with Crippen LogP contribution in [0.3, 0.4) is 0 Å². The number of fused-ring (bicyclic) bond motifs is 1. The maximum absolute atomic E-state index is 13.3. The second kappa shape index (κ2) is 6.22. The number of hydrogen-bond acceptors (Lipinski definition) is 3. The lowest BCUT2D eigenvalue weighted by Crippen LogP contribution is -2.37. The largest absolute Gasteiger partial charge is 0.455 e. The Morgan fingerprint density at radius 1 is 1.16 bits per heavy atom. The molecule has 1 aliphatic rings. The topological polar surface area (TPSA) is 64.4 Å². The molecule has 4 rings (SSSR count). The number of primary amides is 1. The lowest BCUT2D eigenvalue weighted by molar-refractivity contribution is 0.0967. The maximum atomic E-state index is 13.3. The Hall–Kier alpha value is -2.86. The van der Waals surface area contributed by atoms with E-state index in [9.17, 15) is 9.18 Å². The van der Waals surface area contributed by atoms with Crippen molar-refractivity contribution in [2.45, 2.75) is 19.1 Å². The molecule has 0 aliphatic carbocycles. The van der Waals surface area contributed by atoms with Crippen molar-refractivity contribution in [2.24, 2.45) is 5.73 Å². The normalized spacial score (nSPS) is 17.4. The van der Waals surface area contributed by atoms with Gasteiger partial charge < -0.3 is 14.7 Å². The first-order chi connectivity index (χ1) is 12.1. The van der Waals surface area contributed by atoms with Crippen LogP contribution in [0.2, 0.25) is 0 Å². The van der Waals surface area contributed by atoms with Gasteiger partial charge in [0.1, 0.15) is 11.6 Å². The van der Waals surface area contributed by atoms with Crippen LogP contribution in [0.1, 0.15) is 33.6 Å². The van der Waals surface area contributed by atoms with Gasteiger partial charge in [0.05, 0.1) is 12.6 Å². The number of carbonyl (C=O) groups excluding carboxylic acids is 1. The van der Waals surface area contributed by atoms with Crippen molar-refractivity contribution < 1.29 is 13.6 Å². The van der Waals surface area contributed by atoms with Crippen LogP contribution >= 0.6 is 0 Å². The van der Waals surface area contributed by atoms with Gasteiger partial charge in [0.2, 0.25) is 0 Å². The summed E-state index contributed by atoms with van der Waals surface area (Å²) in [6.45, 7) is 2.22. The Labute approximate surface area is 144 Å². The summed E-state index contributed by atoms with van der Waals surface area (Å²) in [6.07, 6.45) is 2.06. The van der Waals surface area contributed by atoms with Gasteiger partial charge in [-0.15, -0.1) is 0 Å². The first kappa shape index (κ1) is 15.7. The van der Waals surface area contributed by atoms with E-state index in [2.05, 4.69) is 21.7 Å². The van der Waals surface area contributed by atoms with Crippen molar-refractivity contribution in [3.63, 3.8) is 0 Å². The van der Waals surface area contributed by atoms with Gasteiger partial charge in [-0.3, -0.25) is 9.69 Å². The van der Waals surface area contributed by atoms with Crippen LogP contribution < -0.4 is 5.73 Å². The van der Waals surface area contributed by atoms with Crippen molar-refractivity contribution in [1.82, 2.24) is 9.47 Å². The van der Waals surface area contributed by atoms with Crippen molar-refractivity contribution in [3.05, 3.63) is 83.3 Å². The van der Waals surface area contributed by atoms with Crippen molar-refractivity contribution >= 4 is 5.91 Å². The SMILES string of the molecule is NC(=O)c1ccc(CN2CCn3cccc3C2c2ccc(F)cc2)o1. The zero-order valence-corrected chi connectivity index (χ0v) is 13.6. The fourth-order valence-corrected chi connectivity index (χ4v) is 3.42. The predicted octanol–water partition coefficient (Wildman–Crippen LogP) is 2.92. The summed E-state index contributed by atoms with van der Waals surface area (Å²) in [4.78, 5) is 13.5.